The van der Waals surface area contributed by atoms with E-state index in [0.29, 0.717) is 13.2 Å². The molecule has 1 aliphatic rings. The number of ether oxygens (including phenoxy) is 2. The Balaban J connectivity index is 1.89. The topological polar surface area (TPSA) is 38.7 Å². The summed E-state index contributed by atoms with van der Waals surface area (Å²) in [6.07, 6.45) is 1.09. The second-order valence-electron chi connectivity index (χ2n) is 11.0. The van der Waals surface area contributed by atoms with Gasteiger partial charge in [0.2, 0.25) is 0 Å². The van der Waals surface area contributed by atoms with Gasteiger partial charge in [-0.15, -0.1) is 0 Å². The van der Waals surface area contributed by atoms with Gasteiger partial charge in [0, 0.05) is 0 Å². The predicted octanol–water partition coefficient (Wildman–Crippen LogP) is 4.39. The van der Waals surface area contributed by atoms with Crippen LogP contribution in [0.15, 0.2) is 24.3 Å². The molecule has 4 heteroatoms. The van der Waals surface area contributed by atoms with Crippen LogP contribution in [0.4, 0.5) is 0 Å². The van der Waals surface area contributed by atoms with Gasteiger partial charge in [0.05, 0.1) is 7.05 Å². The van der Waals surface area contributed by atoms with Gasteiger partial charge in [0.1, 0.15) is 50.3 Å². The molecule has 3 atom stereocenters. The number of quaternary nitrogens is 1. The molecule has 1 heterocycles. The van der Waals surface area contributed by atoms with Crippen LogP contribution in [0, 0.1) is 5.41 Å². The van der Waals surface area contributed by atoms with Crippen molar-refractivity contribution < 1.29 is 19.1 Å². The molecule has 2 rings (SSSR count). The third-order valence-corrected chi connectivity index (χ3v) is 5.56. The van der Waals surface area contributed by atoms with Crippen LogP contribution >= 0.6 is 0 Å². The molecule has 0 unspecified atom stereocenters. The second kappa shape index (κ2) is 8.73. The van der Waals surface area contributed by atoms with Crippen molar-refractivity contribution in [3.8, 4) is 5.75 Å². The number of likely N-dealkylation sites (N-methyl/N-ethyl adjacent to an activating group) is 1. The van der Waals surface area contributed by atoms with Crippen LogP contribution in [0.25, 0.3) is 0 Å². The highest BCUT2D eigenvalue weighted by Crippen LogP contribution is 2.36. The summed E-state index contributed by atoms with van der Waals surface area (Å²) >= 11 is 0. The molecule has 1 aliphatic heterocycles. The highest BCUT2D eigenvalue weighted by Gasteiger charge is 2.35. The SMILES string of the molecule is C[C@H]1C[N+](C)(C[C@H](O)COc2ccc(C(C)(C)CC(C)(C)C)cc2)C[C@H](C)O1. The molecular weight excluding hydrogens is 350 g/mol. The zero-order valence-corrected chi connectivity index (χ0v) is 19.3. The smallest absolute Gasteiger partial charge is 0.137 e. The van der Waals surface area contributed by atoms with Crippen molar-refractivity contribution in [2.24, 2.45) is 5.41 Å². The second-order valence-corrected chi connectivity index (χ2v) is 11.0. The zero-order valence-electron chi connectivity index (χ0n) is 19.3. The summed E-state index contributed by atoms with van der Waals surface area (Å²) in [4.78, 5) is 0. The first-order valence-corrected chi connectivity index (χ1v) is 10.7. The molecule has 28 heavy (non-hydrogen) atoms. The predicted molar refractivity (Wildman–Crippen MR) is 116 cm³/mol. The number of aliphatic hydroxyl groups excluding tert-OH is 1. The van der Waals surface area contributed by atoms with Crippen molar-refractivity contribution >= 4 is 0 Å². The number of rotatable bonds is 7. The third-order valence-electron chi connectivity index (χ3n) is 5.56. The fraction of sp³-hybridized carbons (Fsp3) is 0.750. The number of nitrogens with zero attached hydrogens (tertiary/aromatic N) is 1. The minimum atomic E-state index is -0.487. The standard InChI is InChI=1S/C24H42NO3/c1-18-13-25(8,14-19(2)28-18)15-21(26)16-27-22-11-9-20(10-12-22)24(6,7)17-23(3,4)5/h9-12,18-19,21,26H,13-17H2,1-8H3/q+1/t18-,19-,21-/m0/s1. The number of hydrogen-bond acceptors (Lipinski definition) is 3. The van der Waals surface area contributed by atoms with Gasteiger partial charge >= 0.3 is 0 Å². The number of hydrogen-bond donors (Lipinski definition) is 1. The lowest BCUT2D eigenvalue weighted by Crippen LogP contribution is -2.60. The first kappa shape index (κ1) is 23.2. The van der Waals surface area contributed by atoms with E-state index in [1.807, 2.05) is 12.1 Å². The minimum Gasteiger partial charge on any atom is -0.491 e. The van der Waals surface area contributed by atoms with Crippen molar-refractivity contribution in [1.82, 2.24) is 0 Å². The molecule has 1 saturated heterocycles. The number of benzene rings is 1. The lowest BCUT2D eigenvalue weighted by molar-refractivity contribution is -0.926. The Morgan fingerprint density at radius 3 is 2.11 bits per heavy atom. The summed E-state index contributed by atoms with van der Waals surface area (Å²) in [5.74, 6) is 0.820. The van der Waals surface area contributed by atoms with Gasteiger partial charge in [-0.05, 0) is 48.8 Å². The van der Waals surface area contributed by atoms with Crippen LogP contribution in [0.3, 0.4) is 0 Å². The fourth-order valence-corrected chi connectivity index (χ4v) is 5.13. The van der Waals surface area contributed by atoms with Gasteiger partial charge in [-0.1, -0.05) is 46.8 Å². The largest absolute Gasteiger partial charge is 0.491 e. The molecule has 0 radical (unpaired) electrons. The van der Waals surface area contributed by atoms with Crippen LogP contribution in [-0.4, -0.2) is 61.2 Å². The van der Waals surface area contributed by atoms with Gasteiger partial charge in [0.15, 0.2) is 0 Å². The van der Waals surface area contributed by atoms with E-state index >= 15 is 0 Å². The maximum Gasteiger partial charge on any atom is 0.137 e. The molecule has 1 aromatic carbocycles. The summed E-state index contributed by atoms with van der Waals surface area (Å²) in [7, 11) is 2.20. The molecule has 0 amide bonds. The molecule has 0 spiro atoms. The van der Waals surface area contributed by atoms with Crippen molar-refractivity contribution in [3.63, 3.8) is 0 Å². The van der Waals surface area contributed by atoms with E-state index in [1.165, 1.54) is 5.56 Å². The molecule has 1 N–H and O–H groups in total. The Bertz CT molecular complexity index is 608. The van der Waals surface area contributed by atoms with Gasteiger partial charge in [-0.3, -0.25) is 0 Å². The Labute approximate surface area is 172 Å². The Morgan fingerprint density at radius 1 is 1.07 bits per heavy atom. The first-order chi connectivity index (χ1) is 12.8. The van der Waals surface area contributed by atoms with E-state index in [2.05, 4.69) is 67.6 Å². The minimum absolute atomic E-state index is 0.124. The van der Waals surface area contributed by atoms with Crippen molar-refractivity contribution in [2.45, 2.75) is 78.6 Å². The van der Waals surface area contributed by atoms with Gasteiger partial charge in [0.25, 0.3) is 0 Å². The van der Waals surface area contributed by atoms with Crippen LogP contribution in [0.2, 0.25) is 0 Å². The maximum absolute atomic E-state index is 10.5. The quantitative estimate of drug-likeness (QED) is 0.699. The van der Waals surface area contributed by atoms with Crippen LogP contribution in [0.1, 0.15) is 60.5 Å². The molecule has 1 fully saturated rings. The number of morpholine rings is 1. The third kappa shape index (κ3) is 7.06. The van der Waals surface area contributed by atoms with Crippen LogP contribution in [-0.2, 0) is 10.2 Å². The van der Waals surface area contributed by atoms with E-state index < -0.39 is 6.10 Å². The molecule has 0 saturated carbocycles. The Hall–Kier alpha value is -1.10. The monoisotopic (exact) mass is 392 g/mol. The normalized spacial score (nSPS) is 27.5. The van der Waals surface area contributed by atoms with E-state index in [1.54, 1.807) is 0 Å². The van der Waals surface area contributed by atoms with E-state index in [4.69, 9.17) is 9.47 Å². The summed E-state index contributed by atoms with van der Waals surface area (Å²) in [5, 5.41) is 10.5. The molecule has 0 bridgehead atoms. The first-order valence-electron chi connectivity index (χ1n) is 10.7. The Morgan fingerprint density at radius 2 is 1.61 bits per heavy atom. The lowest BCUT2D eigenvalue weighted by atomic mass is 9.72. The average Bonchev–Trinajstić information content (AvgIpc) is 2.49. The maximum atomic E-state index is 10.5. The molecule has 0 aliphatic carbocycles. The highest BCUT2D eigenvalue weighted by molar-refractivity contribution is 5.31. The Kier molecular flexibility index (Phi) is 7.22. The summed E-state index contributed by atoms with van der Waals surface area (Å²) < 4.78 is 12.5. The molecule has 160 valence electrons. The zero-order chi connectivity index (χ0) is 21.2. The van der Waals surface area contributed by atoms with E-state index in [9.17, 15) is 5.11 Å². The van der Waals surface area contributed by atoms with Crippen molar-refractivity contribution in [1.29, 1.82) is 0 Å². The molecule has 0 aromatic heterocycles. The van der Waals surface area contributed by atoms with E-state index in [-0.39, 0.29) is 23.0 Å². The van der Waals surface area contributed by atoms with Gasteiger partial charge in [-0.2, -0.15) is 0 Å². The summed E-state index contributed by atoms with van der Waals surface area (Å²) in [5.41, 5.74) is 1.74. The average molecular weight is 393 g/mol. The van der Waals surface area contributed by atoms with Gasteiger partial charge < -0.3 is 19.1 Å². The molecule has 4 nitrogen and oxygen atoms in total. The summed E-state index contributed by atoms with van der Waals surface area (Å²) in [6, 6.07) is 8.38. The van der Waals surface area contributed by atoms with Crippen LogP contribution < -0.4 is 4.74 Å². The van der Waals surface area contributed by atoms with Crippen LogP contribution in [0.5, 0.6) is 5.75 Å². The molecule has 1 aromatic rings. The number of aliphatic hydroxyl groups is 1. The van der Waals surface area contributed by atoms with Crippen molar-refractivity contribution in [3.05, 3.63) is 29.8 Å². The van der Waals surface area contributed by atoms with E-state index in [0.717, 1.165) is 29.7 Å². The molecular formula is C24H42NO3+. The van der Waals surface area contributed by atoms with Crippen molar-refractivity contribution in [2.75, 3.05) is 33.3 Å². The fourth-order valence-electron chi connectivity index (χ4n) is 5.13. The van der Waals surface area contributed by atoms with Gasteiger partial charge in [-0.25, -0.2) is 0 Å². The highest BCUT2D eigenvalue weighted by atomic mass is 16.5. The lowest BCUT2D eigenvalue weighted by Gasteiger charge is -2.43. The summed E-state index contributed by atoms with van der Waals surface area (Å²) in [6.45, 7) is 18.5.